The maximum Gasteiger partial charge on any atom is 0.137 e. The van der Waals surface area contributed by atoms with Gasteiger partial charge in [0.25, 0.3) is 0 Å². The Labute approximate surface area is 313 Å². The van der Waals surface area contributed by atoms with Gasteiger partial charge in [-0.05, 0) is 87.3 Å². The lowest BCUT2D eigenvalue weighted by molar-refractivity contribution is 0.631. The molecule has 2 heterocycles. The molecular formula is C51H36N2O. The van der Waals surface area contributed by atoms with Gasteiger partial charge in [-0.2, -0.15) is 0 Å². The van der Waals surface area contributed by atoms with Crippen LogP contribution in [0.3, 0.4) is 0 Å². The molecule has 3 heteroatoms. The second kappa shape index (κ2) is 11.6. The van der Waals surface area contributed by atoms with Crippen molar-refractivity contribution in [2.24, 2.45) is 0 Å². The molecule has 0 atom stereocenters. The van der Waals surface area contributed by atoms with Gasteiger partial charge in [-0.1, -0.05) is 135 Å². The summed E-state index contributed by atoms with van der Waals surface area (Å²) in [4.78, 5) is 4.88. The van der Waals surface area contributed by atoms with Crippen LogP contribution in [0.5, 0.6) is 0 Å². The lowest BCUT2D eigenvalue weighted by Gasteiger charge is -2.42. The second-order valence-corrected chi connectivity index (χ2v) is 14.9. The number of hydrogen-bond acceptors (Lipinski definition) is 3. The van der Waals surface area contributed by atoms with E-state index >= 15 is 0 Å². The molecule has 256 valence electrons. The molecule has 0 spiro atoms. The van der Waals surface area contributed by atoms with Crippen LogP contribution in [0.25, 0.3) is 54.3 Å². The Bertz CT molecular complexity index is 3050. The molecule has 1 aliphatic heterocycles. The monoisotopic (exact) mass is 692 g/mol. The van der Waals surface area contributed by atoms with Crippen molar-refractivity contribution >= 4 is 88.4 Å². The van der Waals surface area contributed by atoms with E-state index in [1.54, 1.807) is 0 Å². The molecule has 0 N–H and O–H groups in total. The van der Waals surface area contributed by atoms with Crippen molar-refractivity contribution < 1.29 is 4.42 Å². The summed E-state index contributed by atoms with van der Waals surface area (Å²) in [5.74, 6) is 0. The van der Waals surface area contributed by atoms with Gasteiger partial charge in [-0.25, -0.2) is 0 Å². The topological polar surface area (TPSA) is 19.6 Å². The van der Waals surface area contributed by atoms with E-state index in [9.17, 15) is 0 Å². The molecule has 1 aromatic heterocycles. The van der Waals surface area contributed by atoms with Crippen molar-refractivity contribution in [3.63, 3.8) is 0 Å². The summed E-state index contributed by atoms with van der Waals surface area (Å²) in [5.41, 5.74) is 11.0. The van der Waals surface area contributed by atoms with E-state index in [0.717, 1.165) is 50.4 Å². The van der Waals surface area contributed by atoms with Gasteiger partial charge in [0.05, 0.1) is 22.7 Å². The van der Waals surface area contributed by atoms with Gasteiger partial charge in [0.2, 0.25) is 0 Å². The number of para-hydroxylation sites is 4. The fraction of sp³-hybridized carbons (Fsp3) is 0.0588. The molecule has 0 bridgehead atoms. The average molecular weight is 693 g/mol. The minimum absolute atomic E-state index is 0.235. The van der Waals surface area contributed by atoms with E-state index in [-0.39, 0.29) is 5.41 Å². The number of fused-ring (bicyclic) bond motifs is 10. The molecule has 1 aliphatic rings. The van der Waals surface area contributed by atoms with Gasteiger partial charge in [0.15, 0.2) is 0 Å². The number of nitrogens with zero attached hydrogens (tertiary/aromatic N) is 2. The van der Waals surface area contributed by atoms with Crippen LogP contribution in [0.1, 0.15) is 25.0 Å². The van der Waals surface area contributed by atoms with Crippen molar-refractivity contribution in [3.8, 4) is 0 Å². The third-order valence-corrected chi connectivity index (χ3v) is 11.6. The van der Waals surface area contributed by atoms with Crippen LogP contribution >= 0.6 is 0 Å². The first-order valence-electron chi connectivity index (χ1n) is 18.7. The van der Waals surface area contributed by atoms with E-state index in [4.69, 9.17) is 4.42 Å². The molecule has 0 radical (unpaired) electrons. The lowest BCUT2D eigenvalue weighted by atomic mass is 9.73. The van der Waals surface area contributed by atoms with E-state index in [1.165, 1.54) is 49.1 Å². The predicted molar refractivity (Wildman–Crippen MR) is 228 cm³/mol. The van der Waals surface area contributed by atoms with Crippen molar-refractivity contribution in [2.75, 3.05) is 9.80 Å². The second-order valence-electron chi connectivity index (χ2n) is 14.9. The van der Waals surface area contributed by atoms with Gasteiger partial charge < -0.3 is 14.2 Å². The highest BCUT2D eigenvalue weighted by molar-refractivity contribution is 6.25. The number of benzene rings is 9. The maximum atomic E-state index is 6.55. The summed E-state index contributed by atoms with van der Waals surface area (Å²) in [6.45, 7) is 4.71. The standard InChI is InChI=1S/C51H36N2O/c1-51(2)43-26-14-15-27-45(43)53(48-32-50-42(29-44(48)51)39-25-13-16-28-49(39)54-50)47-31-41-35-21-9-11-23-37(35)46(30-40(41)36-22-10-12-24-38(36)47)52(33-17-5-3-6-18-33)34-19-7-4-8-20-34/h3-32H,1-2H3. The molecule has 0 aliphatic carbocycles. The zero-order valence-electron chi connectivity index (χ0n) is 30.1. The highest BCUT2D eigenvalue weighted by atomic mass is 16.3. The summed E-state index contributed by atoms with van der Waals surface area (Å²) in [6, 6.07) is 66.0. The first-order chi connectivity index (χ1) is 26.6. The maximum absolute atomic E-state index is 6.55. The Kier molecular flexibility index (Phi) is 6.60. The van der Waals surface area contributed by atoms with Gasteiger partial charge >= 0.3 is 0 Å². The van der Waals surface area contributed by atoms with Crippen LogP contribution in [-0.2, 0) is 5.41 Å². The smallest absolute Gasteiger partial charge is 0.137 e. The Morgan fingerprint density at radius 3 is 1.67 bits per heavy atom. The molecular weight excluding hydrogens is 657 g/mol. The van der Waals surface area contributed by atoms with Crippen LogP contribution < -0.4 is 9.80 Å². The average Bonchev–Trinajstić information content (AvgIpc) is 3.59. The Morgan fingerprint density at radius 1 is 0.389 bits per heavy atom. The molecule has 0 fully saturated rings. The fourth-order valence-electron chi connectivity index (χ4n) is 9.04. The summed E-state index contributed by atoms with van der Waals surface area (Å²) < 4.78 is 6.55. The molecule has 10 aromatic rings. The Morgan fingerprint density at radius 2 is 0.944 bits per heavy atom. The molecule has 0 saturated carbocycles. The summed E-state index contributed by atoms with van der Waals surface area (Å²) in [7, 11) is 0. The molecule has 0 saturated heterocycles. The molecule has 3 nitrogen and oxygen atoms in total. The van der Waals surface area contributed by atoms with Gasteiger partial charge in [-0.15, -0.1) is 0 Å². The van der Waals surface area contributed by atoms with Crippen molar-refractivity contribution in [2.45, 2.75) is 19.3 Å². The van der Waals surface area contributed by atoms with Gasteiger partial charge in [-0.3, -0.25) is 0 Å². The van der Waals surface area contributed by atoms with Crippen molar-refractivity contribution in [3.05, 3.63) is 193 Å². The first-order valence-corrected chi connectivity index (χ1v) is 18.7. The minimum atomic E-state index is -0.235. The molecule has 9 aromatic carbocycles. The highest BCUT2D eigenvalue weighted by Crippen LogP contribution is 2.55. The Balaban J connectivity index is 1.24. The summed E-state index contributed by atoms with van der Waals surface area (Å²) >= 11 is 0. The van der Waals surface area contributed by atoms with Crippen LogP contribution in [0.2, 0.25) is 0 Å². The predicted octanol–water partition coefficient (Wildman–Crippen LogP) is 14.6. The summed E-state index contributed by atoms with van der Waals surface area (Å²) in [5, 5.41) is 9.57. The normalized spacial score (nSPS) is 13.5. The fourth-order valence-corrected chi connectivity index (χ4v) is 9.04. The number of anilines is 6. The molecule has 0 amide bonds. The minimum Gasteiger partial charge on any atom is -0.456 e. The van der Waals surface area contributed by atoms with Gasteiger partial charge in [0, 0.05) is 44.4 Å². The largest absolute Gasteiger partial charge is 0.456 e. The van der Waals surface area contributed by atoms with Gasteiger partial charge in [0.1, 0.15) is 11.2 Å². The van der Waals surface area contributed by atoms with E-state index in [1.807, 2.05) is 6.07 Å². The zero-order valence-corrected chi connectivity index (χ0v) is 30.1. The number of furan rings is 1. The SMILES string of the molecule is CC1(C)c2ccccc2N(c2cc3c4ccccc4c(N(c4ccccc4)c4ccccc4)cc3c3ccccc23)c2cc3oc4ccccc4c3cc21. The third kappa shape index (κ3) is 4.42. The van der Waals surface area contributed by atoms with Crippen LogP contribution in [0, 0.1) is 0 Å². The quantitative estimate of drug-likeness (QED) is 0.171. The first kappa shape index (κ1) is 30.8. The van der Waals surface area contributed by atoms with Crippen LogP contribution in [0.4, 0.5) is 34.1 Å². The van der Waals surface area contributed by atoms with Crippen molar-refractivity contribution in [1.82, 2.24) is 0 Å². The highest BCUT2D eigenvalue weighted by Gasteiger charge is 2.38. The summed E-state index contributed by atoms with van der Waals surface area (Å²) in [6.07, 6.45) is 0. The third-order valence-electron chi connectivity index (χ3n) is 11.6. The van der Waals surface area contributed by atoms with E-state index in [2.05, 4.69) is 200 Å². The molecule has 11 rings (SSSR count). The number of rotatable bonds is 4. The number of hydrogen-bond donors (Lipinski definition) is 0. The van der Waals surface area contributed by atoms with E-state index in [0.29, 0.717) is 0 Å². The van der Waals surface area contributed by atoms with Crippen LogP contribution in [0.15, 0.2) is 186 Å². The van der Waals surface area contributed by atoms with Crippen molar-refractivity contribution in [1.29, 1.82) is 0 Å². The molecule has 54 heavy (non-hydrogen) atoms. The molecule has 0 unspecified atom stereocenters. The lowest BCUT2D eigenvalue weighted by Crippen LogP contribution is -2.30. The zero-order chi connectivity index (χ0) is 36.0. The Hall–Kier alpha value is -6.84. The van der Waals surface area contributed by atoms with Crippen LogP contribution in [-0.4, -0.2) is 0 Å². The van der Waals surface area contributed by atoms with E-state index < -0.39 is 0 Å².